The third-order valence-corrected chi connectivity index (χ3v) is 2.78. The molecule has 1 unspecified atom stereocenters. The number of aromatic amines is 1. The Morgan fingerprint density at radius 2 is 2.25 bits per heavy atom. The molecular formula is C11H16N2O3. The van der Waals surface area contributed by atoms with Crippen LogP contribution in [0.5, 0.6) is 0 Å². The molecule has 5 heteroatoms. The van der Waals surface area contributed by atoms with Crippen molar-refractivity contribution in [3.63, 3.8) is 0 Å². The Balaban J connectivity index is 2.57. The Labute approximate surface area is 93.9 Å². The average Bonchev–Trinajstić information content (AvgIpc) is 2.78. The van der Waals surface area contributed by atoms with Crippen LogP contribution in [0, 0.1) is 5.41 Å². The Kier molecular flexibility index (Phi) is 3.71. The third kappa shape index (κ3) is 2.62. The van der Waals surface area contributed by atoms with Gasteiger partial charge in [0.15, 0.2) is 0 Å². The van der Waals surface area contributed by atoms with Crippen molar-refractivity contribution in [2.45, 2.75) is 20.3 Å². The minimum atomic E-state index is -0.914. The van der Waals surface area contributed by atoms with E-state index in [1.165, 1.54) is 0 Å². The van der Waals surface area contributed by atoms with Crippen LogP contribution in [-0.4, -0.2) is 28.5 Å². The van der Waals surface area contributed by atoms with Crippen LogP contribution in [0.2, 0.25) is 0 Å². The van der Waals surface area contributed by atoms with E-state index in [1.54, 1.807) is 32.2 Å². The first-order valence-corrected chi connectivity index (χ1v) is 5.14. The van der Waals surface area contributed by atoms with Gasteiger partial charge in [0, 0.05) is 12.7 Å². The number of carboxylic acid groups (broad SMARTS) is 1. The van der Waals surface area contributed by atoms with E-state index in [0.29, 0.717) is 12.1 Å². The van der Waals surface area contributed by atoms with Gasteiger partial charge in [-0.2, -0.15) is 0 Å². The highest BCUT2D eigenvalue weighted by Gasteiger charge is 2.31. The molecule has 0 radical (unpaired) electrons. The summed E-state index contributed by atoms with van der Waals surface area (Å²) in [7, 11) is 0. The summed E-state index contributed by atoms with van der Waals surface area (Å²) in [5, 5.41) is 11.6. The van der Waals surface area contributed by atoms with Gasteiger partial charge >= 0.3 is 5.97 Å². The summed E-state index contributed by atoms with van der Waals surface area (Å²) in [6.07, 6.45) is 2.11. The zero-order chi connectivity index (χ0) is 12.2. The molecule has 1 amide bonds. The highest BCUT2D eigenvalue weighted by atomic mass is 16.4. The molecule has 5 nitrogen and oxygen atoms in total. The second-order valence-corrected chi connectivity index (χ2v) is 3.99. The smallest absolute Gasteiger partial charge is 0.311 e. The summed E-state index contributed by atoms with van der Waals surface area (Å²) >= 11 is 0. The molecule has 0 aliphatic heterocycles. The van der Waals surface area contributed by atoms with Gasteiger partial charge in [-0.3, -0.25) is 9.59 Å². The number of hydrogen-bond acceptors (Lipinski definition) is 2. The maximum Gasteiger partial charge on any atom is 0.311 e. The van der Waals surface area contributed by atoms with Gasteiger partial charge in [0.25, 0.3) is 5.91 Å². The minimum absolute atomic E-state index is 0.122. The van der Waals surface area contributed by atoms with E-state index in [1.807, 2.05) is 0 Å². The molecule has 1 heterocycles. The number of aliphatic carboxylic acids is 1. The summed E-state index contributed by atoms with van der Waals surface area (Å²) < 4.78 is 0. The van der Waals surface area contributed by atoms with Crippen LogP contribution < -0.4 is 5.32 Å². The van der Waals surface area contributed by atoms with Crippen molar-refractivity contribution < 1.29 is 14.7 Å². The summed E-state index contributed by atoms with van der Waals surface area (Å²) in [6, 6.07) is 3.35. The molecule has 0 saturated heterocycles. The first kappa shape index (κ1) is 12.3. The molecule has 0 aliphatic rings. The van der Waals surface area contributed by atoms with Crippen molar-refractivity contribution in [3.05, 3.63) is 24.0 Å². The van der Waals surface area contributed by atoms with Crippen LogP contribution in [0.4, 0.5) is 0 Å². The monoisotopic (exact) mass is 224 g/mol. The molecule has 16 heavy (non-hydrogen) atoms. The minimum Gasteiger partial charge on any atom is -0.481 e. The summed E-state index contributed by atoms with van der Waals surface area (Å²) in [5.74, 6) is -1.19. The number of rotatable bonds is 5. The topological polar surface area (TPSA) is 82.2 Å². The molecule has 0 bridgehead atoms. The van der Waals surface area contributed by atoms with Crippen LogP contribution in [0.15, 0.2) is 18.3 Å². The third-order valence-electron chi connectivity index (χ3n) is 2.78. The first-order valence-electron chi connectivity index (χ1n) is 5.14. The Morgan fingerprint density at radius 3 is 2.69 bits per heavy atom. The number of carboxylic acids is 1. The summed E-state index contributed by atoms with van der Waals surface area (Å²) in [4.78, 5) is 25.3. The number of amides is 1. The largest absolute Gasteiger partial charge is 0.481 e. The zero-order valence-electron chi connectivity index (χ0n) is 9.41. The van der Waals surface area contributed by atoms with Crippen molar-refractivity contribution in [1.29, 1.82) is 0 Å². The van der Waals surface area contributed by atoms with Crippen LogP contribution in [0.1, 0.15) is 30.8 Å². The van der Waals surface area contributed by atoms with Gasteiger partial charge in [-0.1, -0.05) is 6.92 Å². The van der Waals surface area contributed by atoms with Crippen LogP contribution in [-0.2, 0) is 4.79 Å². The maximum absolute atomic E-state index is 11.6. The summed E-state index contributed by atoms with van der Waals surface area (Å²) in [6.45, 7) is 3.52. The molecule has 3 N–H and O–H groups in total. The number of carbonyl (C=O) groups is 2. The van der Waals surface area contributed by atoms with E-state index in [2.05, 4.69) is 10.3 Å². The number of carbonyl (C=O) groups excluding carboxylic acids is 1. The van der Waals surface area contributed by atoms with Crippen molar-refractivity contribution in [3.8, 4) is 0 Å². The standard InChI is InChI=1S/C11H16N2O3/c1-3-11(2,10(15)16)7-13-9(14)8-5-4-6-12-8/h4-6,12H,3,7H2,1-2H3,(H,13,14)(H,15,16). The van der Waals surface area contributed by atoms with Crippen molar-refractivity contribution in [2.75, 3.05) is 6.54 Å². The second-order valence-electron chi connectivity index (χ2n) is 3.99. The van der Waals surface area contributed by atoms with E-state index in [9.17, 15) is 9.59 Å². The normalized spacial score (nSPS) is 14.1. The molecule has 0 spiro atoms. The Morgan fingerprint density at radius 1 is 1.56 bits per heavy atom. The second kappa shape index (κ2) is 4.83. The van der Waals surface area contributed by atoms with Gasteiger partial charge < -0.3 is 15.4 Å². The number of H-pyrrole nitrogens is 1. The molecule has 1 aromatic heterocycles. The predicted octanol–water partition coefficient (Wildman–Crippen LogP) is 1.25. The fourth-order valence-electron chi connectivity index (χ4n) is 1.19. The Bertz CT molecular complexity index is 373. The van der Waals surface area contributed by atoms with E-state index >= 15 is 0 Å². The Hall–Kier alpha value is -1.78. The lowest BCUT2D eigenvalue weighted by atomic mass is 9.88. The molecule has 0 aliphatic carbocycles. The summed E-state index contributed by atoms with van der Waals surface area (Å²) in [5.41, 5.74) is -0.480. The highest BCUT2D eigenvalue weighted by molar-refractivity contribution is 5.92. The zero-order valence-corrected chi connectivity index (χ0v) is 9.41. The first-order chi connectivity index (χ1) is 7.49. The molecule has 1 atom stereocenters. The van der Waals surface area contributed by atoms with Gasteiger partial charge in [-0.05, 0) is 25.5 Å². The highest BCUT2D eigenvalue weighted by Crippen LogP contribution is 2.19. The molecule has 1 rings (SSSR count). The van der Waals surface area contributed by atoms with Gasteiger partial charge in [0.05, 0.1) is 5.41 Å². The van der Waals surface area contributed by atoms with Gasteiger partial charge in [0.2, 0.25) is 0 Å². The lowest BCUT2D eigenvalue weighted by Crippen LogP contribution is -2.40. The van der Waals surface area contributed by atoms with Crippen molar-refractivity contribution in [2.24, 2.45) is 5.41 Å². The lowest BCUT2D eigenvalue weighted by molar-refractivity contribution is -0.147. The average molecular weight is 224 g/mol. The molecular weight excluding hydrogens is 208 g/mol. The molecule has 0 aromatic carbocycles. The number of aromatic nitrogens is 1. The maximum atomic E-state index is 11.6. The van der Waals surface area contributed by atoms with E-state index in [0.717, 1.165) is 0 Å². The SMILES string of the molecule is CCC(C)(CNC(=O)c1ccc[nH]1)C(=O)O. The van der Waals surface area contributed by atoms with E-state index in [-0.39, 0.29) is 12.5 Å². The van der Waals surface area contributed by atoms with E-state index in [4.69, 9.17) is 5.11 Å². The fourth-order valence-corrected chi connectivity index (χ4v) is 1.19. The number of nitrogens with one attached hydrogen (secondary N) is 2. The van der Waals surface area contributed by atoms with Crippen LogP contribution in [0.3, 0.4) is 0 Å². The molecule has 1 aromatic rings. The lowest BCUT2D eigenvalue weighted by Gasteiger charge is -2.22. The van der Waals surface area contributed by atoms with Crippen molar-refractivity contribution >= 4 is 11.9 Å². The molecule has 88 valence electrons. The molecule has 0 fully saturated rings. The predicted molar refractivity (Wildman–Crippen MR) is 59.2 cm³/mol. The van der Waals surface area contributed by atoms with Crippen LogP contribution in [0.25, 0.3) is 0 Å². The fraction of sp³-hybridized carbons (Fsp3) is 0.455. The van der Waals surface area contributed by atoms with Gasteiger partial charge in [0.1, 0.15) is 5.69 Å². The van der Waals surface area contributed by atoms with Gasteiger partial charge in [-0.15, -0.1) is 0 Å². The van der Waals surface area contributed by atoms with E-state index < -0.39 is 11.4 Å². The molecule has 0 saturated carbocycles. The van der Waals surface area contributed by atoms with Gasteiger partial charge in [-0.25, -0.2) is 0 Å². The van der Waals surface area contributed by atoms with Crippen LogP contribution >= 0.6 is 0 Å². The quantitative estimate of drug-likeness (QED) is 0.703. The number of hydrogen-bond donors (Lipinski definition) is 3. The van der Waals surface area contributed by atoms with Crippen molar-refractivity contribution in [1.82, 2.24) is 10.3 Å².